The van der Waals surface area contributed by atoms with E-state index in [-0.39, 0.29) is 22.4 Å². The first-order valence-corrected chi connectivity index (χ1v) is 8.49. The quantitative estimate of drug-likeness (QED) is 0.646. The van der Waals surface area contributed by atoms with E-state index in [0.29, 0.717) is 17.0 Å². The van der Waals surface area contributed by atoms with Gasteiger partial charge in [0.25, 0.3) is 5.91 Å². The van der Waals surface area contributed by atoms with Gasteiger partial charge in [0.1, 0.15) is 11.6 Å². The molecule has 0 aliphatic carbocycles. The molecule has 7 nitrogen and oxygen atoms in total. The fourth-order valence-electron chi connectivity index (χ4n) is 2.74. The molecule has 148 valence electrons. The van der Waals surface area contributed by atoms with Gasteiger partial charge in [-0.1, -0.05) is 6.07 Å². The molecule has 2 N–H and O–H groups in total. The van der Waals surface area contributed by atoms with Crippen molar-refractivity contribution in [2.24, 2.45) is 0 Å². The molecular formula is C21H17FN2O5. The highest BCUT2D eigenvalue weighted by Crippen LogP contribution is 2.27. The predicted octanol–water partition coefficient (Wildman–Crippen LogP) is 3.23. The smallest absolute Gasteiger partial charge is 0.337 e. The molecule has 1 aromatic heterocycles. The summed E-state index contributed by atoms with van der Waals surface area (Å²) in [5, 5.41) is 2.60. The van der Waals surface area contributed by atoms with Gasteiger partial charge in [-0.15, -0.1) is 0 Å². The third kappa shape index (κ3) is 4.49. The Balaban J connectivity index is 1.95. The number of amides is 1. The number of anilines is 1. The number of carbonyl (C=O) groups excluding carboxylic acids is 2. The Morgan fingerprint density at radius 2 is 1.79 bits per heavy atom. The summed E-state index contributed by atoms with van der Waals surface area (Å²) in [5.74, 6) is -1.53. The summed E-state index contributed by atoms with van der Waals surface area (Å²) in [6.07, 6.45) is 0. The van der Waals surface area contributed by atoms with E-state index in [1.807, 2.05) is 0 Å². The van der Waals surface area contributed by atoms with Gasteiger partial charge in [-0.05, 0) is 42.5 Å². The molecule has 0 saturated carbocycles. The minimum Gasteiger partial charge on any atom is -0.495 e. The van der Waals surface area contributed by atoms with Crippen molar-refractivity contribution in [3.8, 4) is 17.0 Å². The Hall–Kier alpha value is -3.94. The molecule has 0 atom stereocenters. The lowest BCUT2D eigenvalue weighted by Crippen LogP contribution is -2.14. The van der Waals surface area contributed by atoms with E-state index in [0.717, 1.165) is 6.07 Å². The molecule has 1 amide bonds. The van der Waals surface area contributed by atoms with Crippen molar-refractivity contribution in [1.29, 1.82) is 0 Å². The van der Waals surface area contributed by atoms with Gasteiger partial charge in [-0.3, -0.25) is 9.59 Å². The van der Waals surface area contributed by atoms with Crippen LogP contribution in [-0.4, -0.2) is 31.1 Å². The third-order valence-corrected chi connectivity index (χ3v) is 4.11. The molecule has 3 aromatic rings. The summed E-state index contributed by atoms with van der Waals surface area (Å²) in [5.41, 5.74) is 0.821. The van der Waals surface area contributed by atoms with Crippen LogP contribution in [0.15, 0.2) is 59.4 Å². The van der Waals surface area contributed by atoms with E-state index in [2.05, 4.69) is 15.0 Å². The monoisotopic (exact) mass is 396 g/mol. The molecule has 0 fully saturated rings. The lowest BCUT2D eigenvalue weighted by Gasteiger charge is -2.12. The van der Waals surface area contributed by atoms with Crippen molar-refractivity contribution >= 4 is 17.6 Å². The van der Waals surface area contributed by atoms with Gasteiger partial charge >= 0.3 is 5.97 Å². The summed E-state index contributed by atoms with van der Waals surface area (Å²) >= 11 is 0. The maximum Gasteiger partial charge on any atom is 0.337 e. The van der Waals surface area contributed by atoms with Crippen LogP contribution in [0.25, 0.3) is 11.3 Å². The molecular weight excluding hydrogens is 379 g/mol. The predicted molar refractivity (Wildman–Crippen MR) is 105 cm³/mol. The Bertz CT molecular complexity index is 1140. The zero-order valence-corrected chi connectivity index (χ0v) is 15.6. The summed E-state index contributed by atoms with van der Waals surface area (Å²) in [7, 11) is 2.65. The number of hydrogen-bond acceptors (Lipinski definition) is 5. The largest absolute Gasteiger partial charge is 0.495 e. The highest BCUT2D eigenvalue weighted by molar-refractivity contribution is 6.06. The molecule has 0 unspecified atom stereocenters. The van der Waals surface area contributed by atoms with Gasteiger partial charge < -0.3 is 19.8 Å². The number of hydrogen-bond donors (Lipinski definition) is 2. The minimum absolute atomic E-state index is 0.0234. The lowest BCUT2D eigenvalue weighted by molar-refractivity contribution is 0.0600. The molecule has 2 aromatic carbocycles. The first kappa shape index (κ1) is 19.8. The second kappa shape index (κ2) is 8.39. The van der Waals surface area contributed by atoms with Gasteiger partial charge in [0.05, 0.1) is 25.5 Å². The van der Waals surface area contributed by atoms with E-state index < -0.39 is 17.7 Å². The third-order valence-electron chi connectivity index (χ3n) is 4.11. The van der Waals surface area contributed by atoms with Crippen LogP contribution < -0.4 is 15.6 Å². The highest BCUT2D eigenvalue weighted by atomic mass is 19.1. The number of methoxy groups -OCH3 is 2. The minimum atomic E-state index is -0.646. The second-order valence-corrected chi connectivity index (χ2v) is 6.02. The zero-order chi connectivity index (χ0) is 21.0. The number of pyridine rings is 1. The fraction of sp³-hybridized carbons (Fsp3) is 0.0952. The fourth-order valence-corrected chi connectivity index (χ4v) is 2.74. The summed E-state index contributed by atoms with van der Waals surface area (Å²) in [4.78, 5) is 38.6. The molecule has 0 aliphatic heterocycles. The molecule has 0 saturated heterocycles. The number of nitrogens with one attached hydrogen (secondary N) is 2. The molecule has 0 bridgehead atoms. The summed E-state index contributed by atoms with van der Waals surface area (Å²) in [6, 6.07) is 12.6. The summed E-state index contributed by atoms with van der Waals surface area (Å²) in [6.45, 7) is 0. The van der Waals surface area contributed by atoms with E-state index in [9.17, 15) is 18.8 Å². The van der Waals surface area contributed by atoms with Crippen molar-refractivity contribution in [3.05, 3.63) is 81.9 Å². The van der Waals surface area contributed by atoms with E-state index in [4.69, 9.17) is 4.74 Å². The normalized spacial score (nSPS) is 10.3. The first-order chi connectivity index (χ1) is 13.9. The topological polar surface area (TPSA) is 97.5 Å². The molecule has 8 heteroatoms. The molecule has 0 radical (unpaired) electrons. The number of benzene rings is 2. The average Bonchev–Trinajstić information content (AvgIpc) is 2.72. The Morgan fingerprint density at radius 1 is 1.00 bits per heavy atom. The first-order valence-electron chi connectivity index (χ1n) is 8.49. The van der Waals surface area contributed by atoms with Gasteiger partial charge in [0.2, 0.25) is 5.56 Å². The average molecular weight is 396 g/mol. The van der Waals surface area contributed by atoms with Crippen molar-refractivity contribution in [2.45, 2.75) is 0 Å². The van der Waals surface area contributed by atoms with E-state index in [1.165, 1.54) is 56.7 Å². The Kier molecular flexibility index (Phi) is 5.73. The van der Waals surface area contributed by atoms with Crippen LogP contribution in [0, 0.1) is 5.82 Å². The number of H-pyrrole nitrogens is 1. The van der Waals surface area contributed by atoms with Gasteiger partial charge in [-0.2, -0.15) is 0 Å². The van der Waals surface area contributed by atoms with Crippen molar-refractivity contribution in [3.63, 3.8) is 0 Å². The zero-order valence-electron chi connectivity index (χ0n) is 15.6. The lowest BCUT2D eigenvalue weighted by atomic mass is 10.1. The molecule has 0 spiro atoms. The van der Waals surface area contributed by atoms with E-state index in [1.54, 1.807) is 6.07 Å². The number of halogens is 1. The Labute approximate surface area is 165 Å². The van der Waals surface area contributed by atoms with Crippen molar-refractivity contribution < 1.29 is 23.5 Å². The number of ether oxygens (including phenoxy) is 2. The van der Waals surface area contributed by atoms with Crippen LogP contribution in [0.3, 0.4) is 0 Å². The number of carbonyl (C=O) groups is 2. The SMILES string of the molecule is COC(=O)c1ccc(OC)c(NC(=O)c2cc(F)cc(-c3cccc(=O)[nH]3)c2)c1. The van der Waals surface area contributed by atoms with Crippen LogP contribution in [0.4, 0.5) is 10.1 Å². The molecule has 3 rings (SSSR count). The van der Waals surface area contributed by atoms with Gasteiger partial charge in [0.15, 0.2) is 0 Å². The van der Waals surface area contributed by atoms with Crippen LogP contribution in [0.5, 0.6) is 5.75 Å². The Morgan fingerprint density at radius 3 is 2.48 bits per heavy atom. The van der Waals surface area contributed by atoms with Crippen molar-refractivity contribution in [2.75, 3.05) is 19.5 Å². The maximum atomic E-state index is 14.1. The van der Waals surface area contributed by atoms with E-state index >= 15 is 0 Å². The maximum absolute atomic E-state index is 14.1. The van der Waals surface area contributed by atoms with Crippen LogP contribution >= 0.6 is 0 Å². The molecule has 29 heavy (non-hydrogen) atoms. The molecule has 1 heterocycles. The van der Waals surface area contributed by atoms with Crippen molar-refractivity contribution in [1.82, 2.24) is 4.98 Å². The standard InChI is InChI=1S/C21H17FN2O5/c1-28-18-7-6-12(21(27)29-2)11-17(18)24-20(26)14-8-13(9-15(22)10-14)16-4-3-5-19(25)23-16/h3-11H,1-2H3,(H,23,25)(H,24,26). The van der Waals surface area contributed by atoms with Gasteiger partial charge in [0, 0.05) is 22.9 Å². The number of aromatic nitrogens is 1. The molecule has 0 aliphatic rings. The number of aromatic amines is 1. The van der Waals surface area contributed by atoms with Crippen LogP contribution in [0.2, 0.25) is 0 Å². The number of esters is 1. The second-order valence-electron chi connectivity index (χ2n) is 6.02. The van der Waals surface area contributed by atoms with Crippen LogP contribution in [0.1, 0.15) is 20.7 Å². The van der Waals surface area contributed by atoms with Gasteiger partial charge in [-0.25, -0.2) is 9.18 Å². The number of rotatable bonds is 5. The summed E-state index contributed by atoms with van der Waals surface area (Å²) < 4.78 is 24.0. The highest BCUT2D eigenvalue weighted by Gasteiger charge is 2.15. The van der Waals surface area contributed by atoms with Crippen LogP contribution in [-0.2, 0) is 4.74 Å².